The summed E-state index contributed by atoms with van der Waals surface area (Å²) in [6, 6.07) is 0. The van der Waals surface area contributed by atoms with Gasteiger partial charge >= 0.3 is 5.69 Å². The summed E-state index contributed by atoms with van der Waals surface area (Å²) in [4.78, 5) is 14.4. The van der Waals surface area contributed by atoms with Crippen LogP contribution in [0.2, 0.25) is 5.15 Å². The lowest BCUT2D eigenvalue weighted by molar-refractivity contribution is -0.384. The van der Waals surface area contributed by atoms with Crippen molar-refractivity contribution in [2.75, 3.05) is 18.5 Å². The van der Waals surface area contributed by atoms with Crippen LogP contribution in [0.25, 0.3) is 0 Å². The van der Waals surface area contributed by atoms with Gasteiger partial charge in [-0.25, -0.2) is 4.98 Å². The van der Waals surface area contributed by atoms with Gasteiger partial charge in [-0.3, -0.25) is 10.1 Å². The van der Waals surface area contributed by atoms with Crippen molar-refractivity contribution in [2.45, 2.75) is 26.7 Å². The molecule has 0 radical (unpaired) electrons. The lowest BCUT2D eigenvalue weighted by atomic mass is 10.1. The van der Waals surface area contributed by atoms with Gasteiger partial charge in [0.25, 0.3) is 0 Å². The zero-order chi connectivity index (χ0) is 13.7. The summed E-state index contributed by atoms with van der Waals surface area (Å²) in [5.74, 6) is 0. The molecule has 2 N–H and O–H groups in total. The number of hydrogen-bond donors (Lipinski definition) is 2. The van der Waals surface area contributed by atoms with Gasteiger partial charge in [-0.2, -0.15) is 0 Å². The lowest BCUT2D eigenvalue weighted by Gasteiger charge is -2.12. The first-order valence-corrected chi connectivity index (χ1v) is 6.02. The molecule has 0 atom stereocenters. The van der Waals surface area contributed by atoms with Crippen LogP contribution in [0.5, 0.6) is 0 Å². The van der Waals surface area contributed by atoms with E-state index in [4.69, 9.17) is 16.7 Å². The Hall–Kier alpha value is -1.40. The van der Waals surface area contributed by atoms with E-state index < -0.39 is 4.92 Å². The van der Waals surface area contributed by atoms with E-state index >= 15 is 0 Å². The Kier molecular flexibility index (Phi) is 5.30. The molecule has 1 heterocycles. The van der Waals surface area contributed by atoms with Crippen LogP contribution >= 0.6 is 11.6 Å². The average Bonchev–Trinajstić information content (AvgIpc) is 2.29. The molecular formula is C11H16ClN3O3. The Morgan fingerprint density at radius 3 is 2.67 bits per heavy atom. The highest BCUT2D eigenvalue weighted by Gasteiger charge is 2.23. The maximum atomic E-state index is 11.0. The molecule has 0 amide bonds. The first kappa shape index (κ1) is 14.7. The van der Waals surface area contributed by atoms with Gasteiger partial charge in [0.15, 0.2) is 0 Å². The van der Waals surface area contributed by atoms with Gasteiger partial charge in [-0.1, -0.05) is 11.6 Å². The number of nitro groups is 1. The molecule has 1 aromatic heterocycles. The summed E-state index contributed by atoms with van der Waals surface area (Å²) in [5, 5.41) is 22.6. The highest BCUT2D eigenvalue weighted by Crippen LogP contribution is 2.35. The zero-order valence-electron chi connectivity index (χ0n) is 10.4. The van der Waals surface area contributed by atoms with E-state index in [0.717, 1.165) is 12.0 Å². The smallest absolute Gasteiger partial charge is 0.329 e. The molecule has 0 aliphatic carbocycles. The first-order chi connectivity index (χ1) is 8.49. The van der Waals surface area contributed by atoms with Crippen molar-refractivity contribution in [3.05, 3.63) is 26.5 Å². The summed E-state index contributed by atoms with van der Waals surface area (Å²) in [6.45, 7) is 4.17. The number of pyridine rings is 1. The largest absolute Gasteiger partial charge is 0.396 e. The van der Waals surface area contributed by atoms with Crippen LogP contribution in [-0.2, 0) is 0 Å². The van der Waals surface area contributed by atoms with E-state index in [2.05, 4.69) is 10.3 Å². The number of aromatic nitrogens is 1. The van der Waals surface area contributed by atoms with Gasteiger partial charge in [0.05, 0.1) is 4.92 Å². The van der Waals surface area contributed by atoms with E-state index in [1.807, 2.05) is 0 Å². The van der Waals surface area contributed by atoms with Crippen molar-refractivity contribution >= 4 is 23.0 Å². The number of anilines is 1. The molecule has 0 fully saturated rings. The fraction of sp³-hybridized carbons (Fsp3) is 0.545. The van der Waals surface area contributed by atoms with Gasteiger partial charge in [-0.05, 0) is 26.7 Å². The number of halogens is 1. The topological polar surface area (TPSA) is 88.3 Å². The summed E-state index contributed by atoms with van der Waals surface area (Å²) in [5.41, 5.74) is 1.60. The fourth-order valence-corrected chi connectivity index (χ4v) is 1.87. The van der Waals surface area contributed by atoms with E-state index in [0.29, 0.717) is 24.3 Å². The number of nitrogens with zero attached hydrogens (tertiary/aromatic N) is 2. The summed E-state index contributed by atoms with van der Waals surface area (Å²) < 4.78 is 0. The molecule has 18 heavy (non-hydrogen) atoms. The number of aliphatic hydroxyl groups is 1. The van der Waals surface area contributed by atoms with Crippen molar-refractivity contribution in [1.29, 1.82) is 0 Å². The highest BCUT2D eigenvalue weighted by atomic mass is 35.5. The number of rotatable bonds is 6. The Balaban J connectivity index is 3.02. The molecule has 6 nitrogen and oxygen atoms in total. The fourth-order valence-electron chi connectivity index (χ4n) is 1.58. The molecule has 0 aliphatic heterocycles. The normalized spacial score (nSPS) is 10.4. The van der Waals surface area contributed by atoms with E-state index in [1.165, 1.54) is 0 Å². The van der Waals surface area contributed by atoms with Crippen LogP contribution in [0.3, 0.4) is 0 Å². The van der Waals surface area contributed by atoms with Crippen LogP contribution in [0.15, 0.2) is 0 Å². The number of aryl methyl sites for hydroxylation is 1. The first-order valence-electron chi connectivity index (χ1n) is 5.64. The number of nitrogens with one attached hydrogen (secondary N) is 1. The summed E-state index contributed by atoms with van der Waals surface area (Å²) in [7, 11) is 0. The Labute approximate surface area is 110 Å². The Morgan fingerprint density at radius 1 is 1.44 bits per heavy atom. The third-order valence-corrected chi connectivity index (χ3v) is 2.95. The molecule has 0 bridgehead atoms. The third kappa shape index (κ3) is 3.30. The van der Waals surface area contributed by atoms with E-state index in [9.17, 15) is 10.1 Å². The predicted octanol–water partition coefficient (Wildman–Crippen LogP) is 2.44. The minimum atomic E-state index is -0.532. The summed E-state index contributed by atoms with van der Waals surface area (Å²) >= 11 is 5.81. The van der Waals surface area contributed by atoms with Gasteiger partial charge in [-0.15, -0.1) is 0 Å². The maximum absolute atomic E-state index is 11.0. The molecule has 0 saturated carbocycles. The summed E-state index contributed by atoms with van der Waals surface area (Å²) in [6.07, 6.45) is 1.38. The van der Waals surface area contributed by atoms with Crippen LogP contribution in [-0.4, -0.2) is 28.2 Å². The Morgan fingerprint density at radius 2 is 2.11 bits per heavy atom. The van der Waals surface area contributed by atoms with Crippen LogP contribution < -0.4 is 5.32 Å². The zero-order valence-corrected chi connectivity index (χ0v) is 11.1. The SMILES string of the molecule is Cc1nc(Cl)c([N+](=O)[O-])c(NCCCCO)c1C. The molecule has 0 aromatic carbocycles. The molecule has 1 aromatic rings. The highest BCUT2D eigenvalue weighted by molar-refractivity contribution is 6.32. The molecule has 0 spiro atoms. The van der Waals surface area contributed by atoms with Crippen LogP contribution in [0.1, 0.15) is 24.1 Å². The minimum Gasteiger partial charge on any atom is -0.396 e. The minimum absolute atomic E-state index is 0.104. The van der Waals surface area contributed by atoms with Crippen molar-refractivity contribution in [3.63, 3.8) is 0 Å². The lowest BCUT2D eigenvalue weighted by Crippen LogP contribution is -2.09. The molecule has 7 heteroatoms. The number of unbranched alkanes of at least 4 members (excludes halogenated alkanes) is 1. The molecular weight excluding hydrogens is 258 g/mol. The van der Waals surface area contributed by atoms with Gasteiger partial charge in [0.2, 0.25) is 5.15 Å². The van der Waals surface area contributed by atoms with Crippen molar-refractivity contribution in [3.8, 4) is 0 Å². The van der Waals surface area contributed by atoms with Gasteiger partial charge in [0, 0.05) is 24.4 Å². The van der Waals surface area contributed by atoms with Gasteiger partial charge < -0.3 is 10.4 Å². The molecule has 0 unspecified atom stereocenters. The Bertz CT molecular complexity index is 452. The average molecular weight is 274 g/mol. The van der Waals surface area contributed by atoms with E-state index in [-0.39, 0.29) is 17.4 Å². The number of aliphatic hydroxyl groups excluding tert-OH is 1. The molecule has 1 rings (SSSR count). The standard InChI is InChI=1S/C11H16ClN3O3/c1-7-8(2)14-11(12)10(15(17)18)9(7)13-5-3-4-6-16/h16H,3-6H2,1-2H3,(H,13,14). The van der Waals surface area contributed by atoms with Crippen LogP contribution in [0.4, 0.5) is 11.4 Å². The molecule has 0 saturated heterocycles. The van der Waals surface area contributed by atoms with Gasteiger partial charge in [0.1, 0.15) is 5.69 Å². The monoisotopic (exact) mass is 273 g/mol. The second kappa shape index (κ2) is 6.51. The van der Waals surface area contributed by atoms with Crippen molar-refractivity contribution in [2.24, 2.45) is 0 Å². The van der Waals surface area contributed by atoms with E-state index in [1.54, 1.807) is 13.8 Å². The maximum Gasteiger partial charge on any atom is 0.329 e. The van der Waals surface area contributed by atoms with Crippen molar-refractivity contribution in [1.82, 2.24) is 4.98 Å². The quantitative estimate of drug-likeness (QED) is 0.360. The molecule has 0 aliphatic rings. The predicted molar refractivity (Wildman–Crippen MR) is 70.2 cm³/mol. The van der Waals surface area contributed by atoms with Crippen LogP contribution in [0, 0.1) is 24.0 Å². The second-order valence-corrected chi connectivity index (χ2v) is 4.31. The van der Waals surface area contributed by atoms with Crippen molar-refractivity contribution < 1.29 is 10.0 Å². The number of hydrogen-bond acceptors (Lipinski definition) is 5. The third-order valence-electron chi connectivity index (χ3n) is 2.69. The molecule has 100 valence electrons. The second-order valence-electron chi connectivity index (χ2n) is 3.95.